The first kappa shape index (κ1) is 26.4. The van der Waals surface area contributed by atoms with Crippen LogP contribution in [0.3, 0.4) is 0 Å². The van der Waals surface area contributed by atoms with Crippen LogP contribution >= 0.6 is 0 Å². The molecule has 1 fully saturated rings. The Morgan fingerprint density at radius 1 is 0.846 bits per heavy atom. The van der Waals surface area contributed by atoms with Gasteiger partial charge in [0.25, 0.3) is 5.91 Å². The van der Waals surface area contributed by atoms with Crippen LogP contribution in [0, 0.1) is 5.82 Å². The Bertz CT molecular complexity index is 1480. The third-order valence-electron chi connectivity index (χ3n) is 7.42. The number of hydrogen-bond donors (Lipinski definition) is 1. The molecular weight excluding hydrogens is 497 g/mol. The normalized spacial score (nSPS) is 13.7. The molecule has 204 valence electrons. The summed E-state index contributed by atoms with van der Waals surface area (Å²) in [7, 11) is 4.89. The summed E-state index contributed by atoms with van der Waals surface area (Å²) in [5, 5.41) is 0.655. The van der Waals surface area contributed by atoms with Gasteiger partial charge in [0.15, 0.2) is 5.82 Å². The van der Waals surface area contributed by atoms with Gasteiger partial charge in [-0.05, 0) is 47.4 Å². The number of amides is 1. The van der Waals surface area contributed by atoms with Crippen LogP contribution in [0.1, 0.15) is 35.8 Å². The maximum absolute atomic E-state index is 15.7. The van der Waals surface area contributed by atoms with Crippen molar-refractivity contribution in [3.63, 3.8) is 0 Å². The molecule has 0 atom stereocenters. The second kappa shape index (κ2) is 10.9. The molecule has 0 spiro atoms. The minimum Gasteiger partial charge on any atom is -0.496 e. The highest BCUT2D eigenvalue weighted by molar-refractivity contribution is 6.04. The summed E-state index contributed by atoms with van der Waals surface area (Å²) in [5.41, 5.74) is 3.85. The van der Waals surface area contributed by atoms with Crippen LogP contribution in [-0.2, 0) is 0 Å². The Kier molecular flexibility index (Phi) is 7.37. The molecule has 39 heavy (non-hydrogen) atoms. The summed E-state index contributed by atoms with van der Waals surface area (Å²) < 4.78 is 32.4. The molecule has 0 saturated carbocycles. The van der Waals surface area contributed by atoms with Gasteiger partial charge in [0, 0.05) is 37.1 Å². The van der Waals surface area contributed by atoms with Crippen LogP contribution in [-0.4, -0.2) is 63.3 Å². The lowest BCUT2D eigenvalue weighted by molar-refractivity contribution is 0.0741. The predicted octanol–water partition coefficient (Wildman–Crippen LogP) is 6.09. The number of H-pyrrole nitrogens is 1. The van der Waals surface area contributed by atoms with Gasteiger partial charge in [-0.25, -0.2) is 4.39 Å². The van der Waals surface area contributed by atoms with E-state index in [0.29, 0.717) is 54.1 Å². The Morgan fingerprint density at radius 3 is 2.08 bits per heavy atom. The van der Waals surface area contributed by atoms with Crippen molar-refractivity contribution < 1.29 is 23.4 Å². The van der Waals surface area contributed by atoms with E-state index in [0.717, 1.165) is 28.3 Å². The van der Waals surface area contributed by atoms with E-state index in [1.807, 2.05) is 62.4 Å². The van der Waals surface area contributed by atoms with Crippen LogP contribution in [0.4, 0.5) is 10.1 Å². The SMILES string of the molecule is COc1ccccc1-c1cc(C(C)C)c(F)c2[nH]c(C(=O)N3CCN(c4c(OC)cccc4OC)CC3)cc12. The van der Waals surface area contributed by atoms with Crippen molar-refractivity contribution in [1.29, 1.82) is 0 Å². The molecule has 1 aliphatic heterocycles. The van der Waals surface area contributed by atoms with Gasteiger partial charge in [-0.3, -0.25) is 4.79 Å². The molecule has 1 N–H and O–H groups in total. The molecule has 0 unspecified atom stereocenters. The summed E-state index contributed by atoms with van der Waals surface area (Å²) in [5.74, 6) is 1.62. The number of para-hydroxylation sites is 2. The zero-order valence-corrected chi connectivity index (χ0v) is 23.0. The van der Waals surface area contributed by atoms with E-state index in [2.05, 4.69) is 9.88 Å². The molecular formula is C31H34FN3O4. The lowest BCUT2D eigenvalue weighted by Gasteiger charge is -2.37. The number of aromatic amines is 1. The maximum Gasteiger partial charge on any atom is 0.270 e. The second-order valence-electron chi connectivity index (χ2n) is 9.94. The molecule has 4 aromatic rings. The number of piperazine rings is 1. The largest absolute Gasteiger partial charge is 0.496 e. The fourth-order valence-electron chi connectivity index (χ4n) is 5.35. The molecule has 1 aromatic heterocycles. The molecule has 0 aliphatic carbocycles. The van der Waals surface area contributed by atoms with Gasteiger partial charge >= 0.3 is 0 Å². The van der Waals surface area contributed by atoms with Crippen molar-refractivity contribution >= 4 is 22.5 Å². The average molecular weight is 532 g/mol. The molecule has 3 aromatic carbocycles. The van der Waals surface area contributed by atoms with Crippen molar-refractivity contribution in [2.24, 2.45) is 0 Å². The number of nitrogens with one attached hydrogen (secondary N) is 1. The molecule has 1 aliphatic rings. The third-order valence-corrected chi connectivity index (χ3v) is 7.42. The van der Waals surface area contributed by atoms with E-state index < -0.39 is 0 Å². The molecule has 1 saturated heterocycles. The molecule has 1 amide bonds. The van der Waals surface area contributed by atoms with Gasteiger partial charge < -0.3 is 29.0 Å². The summed E-state index contributed by atoms with van der Waals surface area (Å²) in [4.78, 5) is 20.7. The molecule has 0 radical (unpaired) electrons. The zero-order valence-electron chi connectivity index (χ0n) is 23.0. The number of hydrogen-bond acceptors (Lipinski definition) is 5. The number of fused-ring (bicyclic) bond motifs is 1. The number of carbonyl (C=O) groups is 1. The van der Waals surface area contributed by atoms with Crippen molar-refractivity contribution in [2.75, 3.05) is 52.4 Å². The minimum absolute atomic E-state index is 0.0367. The fraction of sp³-hybridized carbons (Fsp3) is 0.323. The Balaban J connectivity index is 1.47. The van der Waals surface area contributed by atoms with Crippen molar-refractivity contribution in [3.05, 3.63) is 71.7 Å². The van der Waals surface area contributed by atoms with Gasteiger partial charge in [-0.15, -0.1) is 0 Å². The minimum atomic E-state index is -0.328. The molecule has 8 heteroatoms. The van der Waals surface area contributed by atoms with E-state index >= 15 is 4.39 Å². The Hall–Kier alpha value is -4.20. The number of carbonyl (C=O) groups excluding carboxylic acids is 1. The molecule has 2 heterocycles. The second-order valence-corrected chi connectivity index (χ2v) is 9.94. The highest BCUT2D eigenvalue weighted by Crippen LogP contribution is 2.40. The number of benzene rings is 3. The van der Waals surface area contributed by atoms with Crippen molar-refractivity contribution in [3.8, 4) is 28.4 Å². The average Bonchev–Trinajstić information content (AvgIpc) is 3.42. The number of halogens is 1. The van der Waals surface area contributed by atoms with Gasteiger partial charge in [0.1, 0.15) is 28.6 Å². The first-order valence-electron chi connectivity index (χ1n) is 13.1. The van der Waals surface area contributed by atoms with Crippen LogP contribution in [0.15, 0.2) is 54.6 Å². The van der Waals surface area contributed by atoms with Crippen LogP contribution in [0.25, 0.3) is 22.0 Å². The summed E-state index contributed by atoms with van der Waals surface area (Å²) in [6.07, 6.45) is 0. The predicted molar refractivity (Wildman–Crippen MR) is 152 cm³/mol. The third kappa shape index (κ3) is 4.75. The van der Waals surface area contributed by atoms with Crippen LogP contribution in [0.5, 0.6) is 17.2 Å². The smallest absolute Gasteiger partial charge is 0.270 e. The quantitative estimate of drug-likeness (QED) is 0.313. The van der Waals surface area contributed by atoms with Gasteiger partial charge in [0.05, 0.1) is 26.8 Å². The van der Waals surface area contributed by atoms with Gasteiger partial charge in [-0.2, -0.15) is 0 Å². The van der Waals surface area contributed by atoms with E-state index in [1.165, 1.54) is 0 Å². The fourth-order valence-corrected chi connectivity index (χ4v) is 5.35. The van der Waals surface area contributed by atoms with Crippen LogP contribution in [0.2, 0.25) is 0 Å². The number of ether oxygens (including phenoxy) is 3. The van der Waals surface area contributed by atoms with Gasteiger partial charge in [-0.1, -0.05) is 38.1 Å². The maximum atomic E-state index is 15.7. The standard InChI is InChI=1S/C31H34FN3O4/c1-19(2)21-17-22(20-9-6-7-10-25(20)37-3)23-18-24(33-29(23)28(21)32)31(36)35-15-13-34(14-16-35)30-26(38-4)11-8-12-27(30)39-5/h6-12,17-19,33H,13-16H2,1-5H3. The van der Waals surface area contributed by atoms with E-state index in [-0.39, 0.29) is 17.6 Å². The topological polar surface area (TPSA) is 67.0 Å². The first-order chi connectivity index (χ1) is 18.9. The summed E-state index contributed by atoms with van der Waals surface area (Å²) in [6.45, 7) is 6.16. The summed E-state index contributed by atoms with van der Waals surface area (Å²) >= 11 is 0. The highest BCUT2D eigenvalue weighted by Gasteiger charge is 2.28. The number of anilines is 1. The molecule has 7 nitrogen and oxygen atoms in total. The van der Waals surface area contributed by atoms with Crippen LogP contribution < -0.4 is 19.1 Å². The number of nitrogens with zero attached hydrogens (tertiary/aromatic N) is 2. The van der Waals surface area contributed by atoms with E-state index in [1.54, 1.807) is 32.3 Å². The molecule has 0 bridgehead atoms. The van der Waals surface area contributed by atoms with Crippen molar-refractivity contribution in [1.82, 2.24) is 9.88 Å². The number of aromatic nitrogens is 1. The highest BCUT2D eigenvalue weighted by atomic mass is 19.1. The Morgan fingerprint density at radius 2 is 1.46 bits per heavy atom. The molecule has 5 rings (SSSR count). The van der Waals surface area contributed by atoms with E-state index in [9.17, 15) is 4.79 Å². The van der Waals surface area contributed by atoms with Crippen molar-refractivity contribution in [2.45, 2.75) is 19.8 Å². The number of rotatable bonds is 7. The lowest BCUT2D eigenvalue weighted by atomic mass is 9.93. The monoisotopic (exact) mass is 531 g/mol. The zero-order chi connectivity index (χ0) is 27.7. The lowest BCUT2D eigenvalue weighted by Crippen LogP contribution is -2.49. The Labute approximate surface area is 228 Å². The van der Waals surface area contributed by atoms with E-state index in [4.69, 9.17) is 14.2 Å². The summed E-state index contributed by atoms with van der Waals surface area (Å²) in [6, 6.07) is 17.0. The van der Waals surface area contributed by atoms with Gasteiger partial charge in [0.2, 0.25) is 0 Å². The number of methoxy groups -OCH3 is 3. The first-order valence-corrected chi connectivity index (χ1v) is 13.1.